The Morgan fingerprint density at radius 2 is 1.61 bits per heavy atom. The molecule has 4 nitrogen and oxygen atoms in total. The number of nitrogens with zero attached hydrogens (tertiary/aromatic N) is 1. The van der Waals surface area contributed by atoms with E-state index < -0.39 is 5.79 Å². The number of hydrogen-bond donors (Lipinski definition) is 1. The second-order valence-electron chi connectivity index (χ2n) is 8.03. The van der Waals surface area contributed by atoms with Crippen LogP contribution >= 0.6 is 15.9 Å². The van der Waals surface area contributed by atoms with Gasteiger partial charge in [0.1, 0.15) is 0 Å². The SMILES string of the molecule is ON=C(c1ccccc1)C12C3[C@@H]4[C@H]1C1[C@@H]2[C@@H]3C4(Br)C12OCCO2. The van der Waals surface area contributed by atoms with Crippen molar-refractivity contribution in [2.45, 2.75) is 10.1 Å². The maximum atomic E-state index is 9.81. The van der Waals surface area contributed by atoms with Gasteiger partial charge in [-0.15, -0.1) is 0 Å². The molecule has 1 aromatic rings. The molecule has 0 amide bonds. The average molecular weight is 374 g/mol. The lowest BCUT2D eigenvalue weighted by Crippen LogP contribution is -2.94. The molecule has 7 fully saturated rings. The summed E-state index contributed by atoms with van der Waals surface area (Å²) < 4.78 is 12.4. The summed E-state index contributed by atoms with van der Waals surface area (Å²) in [6.07, 6.45) is 0. The number of rotatable bonds is 2. The van der Waals surface area contributed by atoms with Crippen LogP contribution in [0.3, 0.4) is 0 Å². The molecular formula is C18H16BrNO3. The van der Waals surface area contributed by atoms with E-state index in [2.05, 4.69) is 33.2 Å². The van der Waals surface area contributed by atoms with Crippen LogP contribution in [0.1, 0.15) is 5.56 Å². The summed E-state index contributed by atoms with van der Waals surface area (Å²) in [5.74, 6) is 3.07. The third kappa shape index (κ3) is 0.815. The van der Waals surface area contributed by atoms with Crippen molar-refractivity contribution in [2.24, 2.45) is 46.1 Å². The van der Waals surface area contributed by atoms with Crippen LogP contribution in [0.5, 0.6) is 0 Å². The van der Waals surface area contributed by atoms with Crippen LogP contribution in [0.15, 0.2) is 35.5 Å². The lowest BCUT2D eigenvalue weighted by Gasteiger charge is -2.91. The van der Waals surface area contributed by atoms with Gasteiger partial charge in [-0.2, -0.15) is 0 Å². The van der Waals surface area contributed by atoms with Crippen molar-refractivity contribution in [1.82, 2.24) is 0 Å². The molecule has 1 heterocycles. The summed E-state index contributed by atoms with van der Waals surface area (Å²) >= 11 is 4.07. The van der Waals surface area contributed by atoms with Gasteiger partial charge in [-0.3, -0.25) is 0 Å². The summed E-state index contributed by atoms with van der Waals surface area (Å²) in [5.41, 5.74) is 2.06. The van der Waals surface area contributed by atoms with Gasteiger partial charge in [0.2, 0.25) is 0 Å². The summed E-state index contributed by atoms with van der Waals surface area (Å²) in [5, 5.41) is 13.6. The van der Waals surface area contributed by atoms with Gasteiger partial charge in [-0.05, 0) is 35.2 Å². The average Bonchev–Trinajstić information content (AvgIpc) is 3.11. The number of hydrogen-bond acceptors (Lipinski definition) is 4. The first-order valence-corrected chi connectivity index (χ1v) is 9.28. The Hall–Kier alpha value is -0.910. The smallest absolute Gasteiger partial charge is 0.187 e. The summed E-state index contributed by atoms with van der Waals surface area (Å²) in [7, 11) is 0. The lowest BCUT2D eigenvalue weighted by atomic mass is 9.12. The standard InChI is InChI=1S/C18H16BrNO3/c19-17-12-9-13(17)11-14(18(17)22-6-7-23-18)10(12)16(9,11)15(20-21)8-4-2-1-3-5-8/h1-5,9-14,21H,6-7H2/t9?,10-,11-,12+,13+,14?,16?,17?/m0/s1. The van der Waals surface area contributed by atoms with E-state index >= 15 is 0 Å². The minimum Gasteiger partial charge on any atom is -0.411 e. The largest absolute Gasteiger partial charge is 0.411 e. The van der Waals surface area contributed by atoms with Gasteiger partial charge < -0.3 is 14.7 Å². The first-order chi connectivity index (χ1) is 11.2. The van der Waals surface area contributed by atoms with Crippen LogP contribution < -0.4 is 0 Å². The minimum atomic E-state index is -0.397. The molecule has 6 saturated carbocycles. The topological polar surface area (TPSA) is 51.1 Å². The molecule has 1 N–H and O–H groups in total. The molecule has 2 bridgehead atoms. The van der Waals surface area contributed by atoms with Crippen molar-refractivity contribution in [3.05, 3.63) is 35.9 Å². The van der Waals surface area contributed by atoms with Crippen LogP contribution in [0.4, 0.5) is 0 Å². The van der Waals surface area contributed by atoms with Gasteiger partial charge >= 0.3 is 0 Å². The van der Waals surface area contributed by atoms with Gasteiger partial charge in [-0.25, -0.2) is 0 Å². The van der Waals surface area contributed by atoms with Crippen molar-refractivity contribution >= 4 is 21.6 Å². The fourth-order valence-corrected chi connectivity index (χ4v) is 9.71. The Morgan fingerprint density at radius 3 is 2.22 bits per heavy atom. The van der Waals surface area contributed by atoms with Crippen molar-refractivity contribution in [3.63, 3.8) is 0 Å². The normalized spacial score (nSPS) is 58.2. The molecule has 5 heteroatoms. The summed E-state index contributed by atoms with van der Waals surface area (Å²) in [6, 6.07) is 10.2. The lowest BCUT2D eigenvalue weighted by molar-refractivity contribution is -0.404. The number of benzene rings is 1. The summed E-state index contributed by atoms with van der Waals surface area (Å²) in [4.78, 5) is 0. The van der Waals surface area contributed by atoms with Gasteiger partial charge in [0.15, 0.2) is 5.79 Å². The molecule has 118 valence electrons. The Balaban J connectivity index is 1.37. The van der Waals surface area contributed by atoms with E-state index in [1.165, 1.54) is 0 Å². The molecule has 0 aromatic heterocycles. The van der Waals surface area contributed by atoms with Gasteiger partial charge in [0.25, 0.3) is 0 Å². The molecule has 23 heavy (non-hydrogen) atoms. The molecule has 8 rings (SSSR count). The van der Waals surface area contributed by atoms with Gasteiger partial charge in [-0.1, -0.05) is 51.4 Å². The highest BCUT2D eigenvalue weighted by Crippen LogP contribution is 3.05. The molecule has 7 aliphatic rings. The van der Waals surface area contributed by atoms with E-state index in [1.807, 2.05) is 18.2 Å². The Morgan fingerprint density at radius 1 is 1.00 bits per heavy atom. The highest BCUT2D eigenvalue weighted by atomic mass is 79.9. The molecule has 1 aromatic carbocycles. The van der Waals surface area contributed by atoms with E-state index in [4.69, 9.17) is 9.47 Å². The molecule has 0 unspecified atom stereocenters. The van der Waals surface area contributed by atoms with E-state index in [9.17, 15) is 5.21 Å². The summed E-state index contributed by atoms with van der Waals surface area (Å²) in [6.45, 7) is 1.42. The van der Waals surface area contributed by atoms with Crippen molar-refractivity contribution < 1.29 is 14.7 Å². The fourth-order valence-electron chi connectivity index (χ4n) is 8.08. The van der Waals surface area contributed by atoms with Crippen molar-refractivity contribution in [2.75, 3.05) is 13.2 Å². The van der Waals surface area contributed by atoms with E-state index in [1.54, 1.807) is 0 Å². The van der Waals surface area contributed by atoms with E-state index in [0.717, 1.165) is 11.3 Å². The van der Waals surface area contributed by atoms with Crippen LogP contribution in [0.2, 0.25) is 0 Å². The van der Waals surface area contributed by atoms with Crippen LogP contribution in [0, 0.1) is 40.9 Å². The van der Waals surface area contributed by atoms with Gasteiger partial charge in [0, 0.05) is 11.3 Å². The van der Waals surface area contributed by atoms with E-state index in [0.29, 0.717) is 48.7 Å². The Kier molecular flexibility index (Phi) is 1.77. The van der Waals surface area contributed by atoms with Gasteiger partial charge in [0.05, 0.1) is 23.2 Å². The first kappa shape index (κ1) is 12.5. The molecule has 1 saturated heterocycles. The molecule has 6 aliphatic carbocycles. The second kappa shape index (κ2) is 3.26. The highest BCUT2D eigenvalue weighted by molar-refractivity contribution is 9.10. The van der Waals surface area contributed by atoms with Crippen LogP contribution in [-0.2, 0) is 9.47 Å². The Bertz CT molecular complexity index is 767. The number of oxime groups is 1. The number of halogens is 1. The zero-order valence-corrected chi connectivity index (χ0v) is 13.9. The Labute approximate surface area is 142 Å². The quantitative estimate of drug-likeness (QED) is 0.375. The maximum Gasteiger partial charge on any atom is 0.187 e. The third-order valence-corrected chi connectivity index (χ3v) is 9.80. The molecular weight excluding hydrogens is 358 g/mol. The third-order valence-electron chi connectivity index (χ3n) is 8.19. The number of alkyl halides is 1. The van der Waals surface area contributed by atoms with Crippen molar-refractivity contribution in [1.29, 1.82) is 0 Å². The zero-order valence-electron chi connectivity index (χ0n) is 12.4. The minimum absolute atomic E-state index is 0.0279. The van der Waals surface area contributed by atoms with Crippen LogP contribution in [0.25, 0.3) is 0 Å². The van der Waals surface area contributed by atoms with Crippen molar-refractivity contribution in [3.8, 4) is 0 Å². The molecule has 4 atom stereocenters. The second-order valence-corrected chi connectivity index (χ2v) is 9.35. The molecule has 1 spiro atoms. The molecule has 1 aliphatic heterocycles. The monoisotopic (exact) mass is 373 g/mol. The maximum absolute atomic E-state index is 9.81. The fraction of sp³-hybridized carbons (Fsp3) is 0.611. The predicted molar refractivity (Wildman–Crippen MR) is 84.4 cm³/mol. The highest BCUT2D eigenvalue weighted by Gasteiger charge is 3.09. The predicted octanol–water partition coefficient (Wildman–Crippen LogP) is 2.49. The van der Waals surface area contributed by atoms with E-state index in [-0.39, 0.29) is 9.74 Å². The van der Waals surface area contributed by atoms with Crippen LogP contribution in [-0.4, -0.2) is 34.2 Å². The number of ether oxygens (including phenoxy) is 2. The molecule has 0 radical (unpaired) electrons. The zero-order chi connectivity index (χ0) is 15.2. The first-order valence-electron chi connectivity index (χ1n) is 8.49.